The maximum atomic E-state index is 11.6. The first-order valence-electron chi connectivity index (χ1n) is 7.36. The van der Waals surface area contributed by atoms with Gasteiger partial charge in [-0.15, -0.1) is 0 Å². The highest BCUT2D eigenvalue weighted by Gasteiger charge is 2.28. The van der Waals surface area contributed by atoms with Crippen LogP contribution in [0.3, 0.4) is 0 Å². The van der Waals surface area contributed by atoms with Gasteiger partial charge in [0.1, 0.15) is 0 Å². The Morgan fingerprint density at radius 1 is 1.45 bits per heavy atom. The Hall–Kier alpha value is -1.81. The van der Waals surface area contributed by atoms with E-state index in [2.05, 4.69) is 5.32 Å². The number of benzene rings is 1. The molecule has 1 atom stereocenters. The number of carbonyl (C=O) groups is 2. The van der Waals surface area contributed by atoms with E-state index in [4.69, 9.17) is 16.3 Å². The maximum absolute atomic E-state index is 11.6. The van der Waals surface area contributed by atoms with Gasteiger partial charge in [0.05, 0.1) is 0 Å². The van der Waals surface area contributed by atoms with Crippen LogP contribution in [0.2, 0.25) is 5.02 Å². The van der Waals surface area contributed by atoms with Gasteiger partial charge in [-0.1, -0.05) is 23.7 Å². The Morgan fingerprint density at radius 3 is 2.82 bits per heavy atom. The summed E-state index contributed by atoms with van der Waals surface area (Å²) < 4.78 is 4.91. The topological polar surface area (TPSA) is 55.4 Å². The highest BCUT2D eigenvalue weighted by molar-refractivity contribution is 6.31. The minimum absolute atomic E-state index is 0.149. The maximum Gasteiger partial charge on any atom is 0.331 e. The minimum Gasteiger partial charge on any atom is -0.452 e. The Balaban J connectivity index is 1.75. The van der Waals surface area contributed by atoms with Gasteiger partial charge >= 0.3 is 5.97 Å². The third-order valence-electron chi connectivity index (χ3n) is 3.67. The van der Waals surface area contributed by atoms with Crippen molar-refractivity contribution in [1.29, 1.82) is 0 Å². The van der Waals surface area contributed by atoms with Crippen LogP contribution in [-0.4, -0.2) is 24.5 Å². The van der Waals surface area contributed by atoms with E-state index >= 15 is 0 Å². The van der Waals surface area contributed by atoms with Gasteiger partial charge in [0.15, 0.2) is 6.61 Å². The third kappa shape index (κ3) is 5.19. The predicted octanol–water partition coefficient (Wildman–Crippen LogP) is 3.12. The summed E-state index contributed by atoms with van der Waals surface area (Å²) in [5, 5.41) is 3.47. The van der Waals surface area contributed by atoms with E-state index < -0.39 is 5.97 Å². The number of rotatable bonds is 6. The smallest absolute Gasteiger partial charge is 0.331 e. The summed E-state index contributed by atoms with van der Waals surface area (Å²) in [6, 6.07) is 5.65. The largest absolute Gasteiger partial charge is 0.452 e. The minimum atomic E-state index is -0.550. The van der Waals surface area contributed by atoms with Crippen molar-refractivity contribution in [3.05, 3.63) is 40.4 Å². The second-order valence-corrected chi connectivity index (χ2v) is 6.05. The van der Waals surface area contributed by atoms with Gasteiger partial charge in [0, 0.05) is 17.1 Å². The Bertz CT molecular complexity index is 594. The average molecular weight is 322 g/mol. The summed E-state index contributed by atoms with van der Waals surface area (Å²) in [4.78, 5) is 23.2. The van der Waals surface area contributed by atoms with Gasteiger partial charge in [0.25, 0.3) is 5.91 Å². The van der Waals surface area contributed by atoms with E-state index in [0.717, 1.165) is 24.0 Å². The normalized spacial score (nSPS) is 15.6. The highest BCUT2D eigenvalue weighted by atomic mass is 35.5. The molecule has 1 amide bonds. The SMILES string of the molecule is Cc1ccc(/C=C/C(=O)OCC(=O)N[C@@H](C)C2CC2)cc1Cl. The number of aryl methyl sites for hydroxylation is 1. The monoisotopic (exact) mass is 321 g/mol. The molecule has 1 saturated carbocycles. The number of hydrogen-bond acceptors (Lipinski definition) is 3. The van der Waals surface area contributed by atoms with Crippen LogP contribution in [0.1, 0.15) is 30.9 Å². The van der Waals surface area contributed by atoms with E-state index in [1.807, 2.05) is 26.0 Å². The molecule has 118 valence electrons. The van der Waals surface area contributed by atoms with Crippen molar-refractivity contribution in [3.63, 3.8) is 0 Å². The Labute approximate surface area is 135 Å². The zero-order valence-electron chi connectivity index (χ0n) is 12.8. The summed E-state index contributed by atoms with van der Waals surface area (Å²) in [5.41, 5.74) is 1.78. The van der Waals surface area contributed by atoms with Crippen LogP contribution in [0.4, 0.5) is 0 Å². The lowest BCUT2D eigenvalue weighted by molar-refractivity contribution is -0.144. The number of hydrogen-bond donors (Lipinski definition) is 1. The van der Waals surface area contributed by atoms with Gasteiger partial charge in [0.2, 0.25) is 0 Å². The van der Waals surface area contributed by atoms with Crippen LogP contribution in [0, 0.1) is 12.8 Å². The molecule has 5 heteroatoms. The quantitative estimate of drug-likeness (QED) is 0.647. The zero-order chi connectivity index (χ0) is 16.1. The highest BCUT2D eigenvalue weighted by Crippen LogP contribution is 2.32. The van der Waals surface area contributed by atoms with Crippen LogP contribution in [0.15, 0.2) is 24.3 Å². The Kier molecular flexibility index (Phi) is 5.61. The van der Waals surface area contributed by atoms with Crippen molar-refractivity contribution < 1.29 is 14.3 Å². The number of halogens is 1. The van der Waals surface area contributed by atoms with Crippen molar-refractivity contribution in [2.75, 3.05) is 6.61 Å². The fourth-order valence-corrected chi connectivity index (χ4v) is 2.26. The average Bonchev–Trinajstić information content (AvgIpc) is 3.31. The summed E-state index contributed by atoms with van der Waals surface area (Å²) in [5.74, 6) is -0.240. The lowest BCUT2D eigenvalue weighted by atomic mass is 10.1. The molecule has 1 fully saturated rings. The molecular weight excluding hydrogens is 302 g/mol. The lowest BCUT2D eigenvalue weighted by Gasteiger charge is -2.12. The molecule has 1 aromatic carbocycles. The Morgan fingerprint density at radius 2 is 2.18 bits per heavy atom. The van der Waals surface area contributed by atoms with Crippen molar-refractivity contribution in [2.45, 2.75) is 32.7 Å². The third-order valence-corrected chi connectivity index (χ3v) is 4.08. The van der Waals surface area contributed by atoms with Crippen LogP contribution in [0.25, 0.3) is 6.08 Å². The first-order chi connectivity index (χ1) is 10.5. The van der Waals surface area contributed by atoms with Crippen molar-refractivity contribution in [3.8, 4) is 0 Å². The van der Waals surface area contributed by atoms with Gasteiger partial charge < -0.3 is 10.1 Å². The van der Waals surface area contributed by atoms with Crippen LogP contribution in [-0.2, 0) is 14.3 Å². The molecule has 1 aromatic rings. The van der Waals surface area contributed by atoms with Gasteiger partial charge in [-0.3, -0.25) is 4.79 Å². The van der Waals surface area contributed by atoms with E-state index in [1.54, 1.807) is 12.1 Å². The number of ether oxygens (including phenoxy) is 1. The molecule has 0 heterocycles. The van der Waals surface area contributed by atoms with E-state index in [1.165, 1.54) is 6.08 Å². The molecule has 1 N–H and O–H groups in total. The first kappa shape index (κ1) is 16.6. The van der Waals surface area contributed by atoms with Crippen LogP contribution in [0.5, 0.6) is 0 Å². The molecule has 1 aliphatic rings. The fourth-order valence-electron chi connectivity index (χ4n) is 2.07. The van der Waals surface area contributed by atoms with Crippen molar-refractivity contribution in [2.24, 2.45) is 5.92 Å². The second kappa shape index (κ2) is 7.45. The molecule has 22 heavy (non-hydrogen) atoms. The van der Waals surface area contributed by atoms with E-state index in [-0.39, 0.29) is 18.6 Å². The van der Waals surface area contributed by atoms with Gasteiger partial charge in [-0.2, -0.15) is 0 Å². The molecule has 0 saturated heterocycles. The summed E-state index contributed by atoms with van der Waals surface area (Å²) in [7, 11) is 0. The number of carbonyl (C=O) groups excluding carboxylic acids is 2. The molecule has 0 bridgehead atoms. The molecule has 0 spiro atoms. The molecular formula is C17H20ClNO3. The predicted molar refractivity (Wildman–Crippen MR) is 86.5 cm³/mol. The zero-order valence-corrected chi connectivity index (χ0v) is 13.5. The molecule has 0 aromatic heterocycles. The summed E-state index contributed by atoms with van der Waals surface area (Å²) in [6.45, 7) is 3.62. The van der Waals surface area contributed by atoms with E-state index in [0.29, 0.717) is 10.9 Å². The van der Waals surface area contributed by atoms with E-state index in [9.17, 15) is 9.59 Å². The standard InChI is InChI=1S/C17H20ClNO3/c1-11-3-4-13(9-15(11)18)5-8-17(21)22-10-16(20)19-12(2)14-6-7-14/h3-5,8-9,12,14H,6-7,10H2,1-2H3,(H,19,20)/b8-5+/t12-/m0/s1. The number of amides is 1. The number of nitrogens with one attached hydrogen (secondary N) is 1. The fraction of sp³-hybridized carbons (Fsp3) is 0.412. The molecule has 0 aliphatic heterocycles. The molecule has 1 aliphatic carbocycles. The molecule has 2 rings (SSSR count). The second-order valence-electron chi connectivity index (χ2n) is 5.64. The summed E-state index contributed by atoms with van der Waals surface area (Å²) in [6.07, 6.45) is 5.21. The molecule has 0 radical (unpaired) electrons. The molecule has 0 unspecified atom stereocenters. The van der Waals surface area contributed by atoms with Crippen molar-refractivity contribution >= 4 is 29.6 Å². The lowest BCUT2D eigenvalue weighted by Crippen LogP contribution is -2.36. The summed E-state index contributed by atoms with van der Waals surface area (Å²) >= 11 is 6.01. The molecule has 4 nitrogen and oxygen atoms in total. The first-order valence-corrected chi connectivity index (χ1v) is 7.74. The van der Waals surface area contributed by atoms with Gasteiger partial charge in [-0.25, -0.2) is 4.79 Å². The van der Waals surface area contributed by atoms with Crippen molar-refractivity contribution in [1.82, 2.24) is 5.32 Å². The van der Waals surface area contributed by atoms with Crippen LogP contribution >= 0.6 is 11.6 Å². The van der Waals surface area contributed by atoms with Crippen LogP contribution < -0.4 is 5.32 Å². The van der Waals surface area contributed by atoms with Gasteiger partial charge in [-0.05, 0) is 55.9 Å². The number of esters is 1.